The summed E-state index contributed by atoms with van der Waals surface area (Å²) < 4.78 is 1.48. The van der Waals surface area contributed by atoms with Crippen LogP contribution in [0.25, 0.3) is 0 Å². The van der Waals surface area contributed by atoms with E-state index in [0.29, 0.717) is 18.7 Å². The molecule has 1 aromatic heterocycles. The summed E-state index contributed by atoms with van der Waals surface area (Å²) in [7, 11) is 0. The van der Waals surface area contributed by atoms with Crippen LogP contribution >= 0.6 is 0 Å². The van der Waals surface area contributed by atoms with Gasteiger partial charge in [-0.05, 0) is 12.5 Å². The van der Waals surface area contributed by atoms with E-state index in [4.69, 9.17) is 5.73 Å². The molecule has 1 unspecified atom stereocenters. The lowest BCUT2D eigenvalue weighted by Crippen LogP contribution is -2.41. The summed E-state index contributed by atoms with van der Waals surface area (Å²) in [5.74, 6) is -0.176. The molecule has 0 saturated carbocycles. The summed E-state index contributed by atoms with van der Waals surface area (Å²) in [6, 6.07) is 1.20. The van der Waals surface area contributed by atoms with E-state index in [1.54, 1.807) is 12.3 Å². The van der Waals surface area contributed by atoms with Crippen LogP contribution in [0.2, 0.25) is 0 Å². The van der Waals surface area contributed by atoms with Gasteiger partial charge in [-0.25, -0.2) is 0 Å². The van der Waals surface area contributed by atoms with Crippen molar-refractivity contribution in [3.63, 3.8) is 0 Å². The van der Waals surface area contributed by atoms with Crippen molar-refractivity contribution in [1.29, 1.82) is 0 Å². The molecule has 2 amide bonds. The first-order chi connectivity index (χ1) is 6.66. The number of imide groups is 1. The second-order valence-corrected chi connectivity index (χ2v) is 3.19. The molecule has 14 heavy (non-hydrogen) atoms. The first kappa shape index (κ1) is 8.74. The third kappa shape index (κ3) is 1.46. The van der Waals surface area contributed by atoms with Crippen molar-refractivity contribution >= 4 is 17.6 Å². The molecule has 2 rings (SSSR count). The largest absolute Gasteiger partial charge is 0.382 e. The van der Waals surface area contributed by atoms with Crippen molar-refractivity contribution in [3.05, 3.63) is 12.3 Å². The van der Waals surface area contributed by atoms with Gasteiger partial charge in [-0.1, -0.05) is 0 Å². The third-order valence-electron chi connectivity index (χ3n) is 2.16. The maximum Gasteiger partial charge on any atom is 0.251 e. The molecule has 1 aromatic rings. The molecule has 74 valence electrons. The molecule has 1 fully saturated rings. The SMILES string of the molecule is Nc1ccn(C2CCC(=O)NC2=O)n1. The quantitative estimate of drug-likeness (QED) is 0.586. The lowest BCUT2D eigenvalue weighted by atomic mass is 10.1. The molecule has 0 aliphatic carbocycles. The number of amides is 2. The minimum absolute atomic E-state index is 0.230. The van der Waals surface area contributed by atoms with Gasteiger partial charge in [-0.2, -0.15) is 5.10 Å². The first-order valence-corrected chi connectivity index (χ1v) is 4.31. The summed E-state index contributed by atoms with van der Waals surface area (Å²) in [4.78, 5) is 22.3. The van der Waals surface area contributed by atoms with Crippen LogP contribution in [-0.4, -0.2) is 21.6 Å². The molecule has 0 bridgehead atoms. The Morgan fingerprint density at radius 1 is 1.57 bits per heavy atom. The van der Waals surface area contributed by atoms with Crippen molar-refractivity contribution in [2.75, 3.05) is 5.73 Å². The number of nitrogens with two attached hydrogens (primary N) is 1. The van der Waals surface area contributed by atoms with E-state index in [0.717, 1.165) is 0 Å². The molecule has 6 nitrogen and oxygen atoms in total. The van der Waals surface area contributed by atoms with Gasteiger partial charge in [0.1, 0.15) is 11.9 Å². The molecule has 1 atom stereocenters. The highest BCUT2D eigenvalue weighted by molar-refractivity contribution is 5.99. The predicted octanol–water partition coefficient (Wildman–Crippen LogP) is -0.557. The molecule has 0 aromatic carbocycles. The summed E-state index contributed by atoms with van der Waals surface area (Å²) in [5, 5.41) is 6.19. The zero-order valence-corrected chi connectivity index (χ0v) is 7.43. The Hall–Kier alpha value is -1.85. The fourth-order valence-electron chi connectivity index (χ4n) is 1.46. The molecule has 1 aliphatic heterocycles. The van der Waals surface area contributed by atoms with Crippen molar-refractivity contribution in [1.82, 2.24) is 15.1 Å². The molecule has 1 aliphatic rings. The lowest BCUT2D eigenvalue weighted by Gasteiger charge is -2.20. The van der Waals surface area contributed by atoms with E-state index >= 15 is 0 Å². The van der Waals surface area contributed by atoms with Gasteiger partial charge >= 0.3 is 0 Å². The van der Waals surface area contributed by atoms with Crippen LogP contribution in [0, 0.1) is 0 Å². The number of rotatable bonds is 1. The lowest BCUT2D eigenvalue weighted by molar-refractivity contribution is -0.135. The average Bonchev–Trinajstić information content (AvgIpc) is 2.51. The van der Waals surface area contributed by atoms with Crippen LogP contribution in [0.1, 0.15) is 18.9 Å². The Morgan fingerprint density at radius 2 is 2.36 bits per heavy atom. The van der Waals surface area contributed by atoms with E-state index in [1.165, 1.54) is 4.68 Å². The van der Waals surface area contributed by atoms with Crippen molar-refractivity contribution < 1.29 is 9.59 Å². The summed E-state index contributed by atoms with van der Waals surface area (Å²) >= 11 is 0. The zero-order chi connectivity index (χ0) is 10.1. The highest BCUT2D eigenvalue weighted by atomic mass is 16.2. The second kappa shape index (κ2) is 3.13. The second-order valence-electron chi connectivity index (χ2n) is 3.19. The molecule has 3 N–H and O–H groups in total. The first-order valence-electron chi connectivity index (χ1n) is 4.31. The Morgan fingerprint density at radius 3 is 2.93 bits per heavy atom. The van der Waals surface area contributed by atoms with Gasteiger partial charge in [0.25, 0.3) is 5.91 Å². The molecule has 0 radical (unpaired) electrons. The monoisotopic (exact) mass is 194 g/mol. The predicted molar refractivity (Wildman–Crippen MR) is 48.1 cm³/mol. The van der Waals surface area contributed by atoms with E-state index in [1.807, 2.05) is 0 Å². The molecular weight excluding hydrogens is 184 g/mol. The highest BCUT2D eigenvalue weighted by Gasteiger charge is 2.28. The van der Waals surface area contributed by atoms with Crippen LogP contribution in [0.4, 0.5) is 5.82 Å². The van der Waals surface area contributed by atoms with Crippen molar-refractivity contribution in [3.8, 4) is 0 Å². The van der Waals surface area contributed by atoms with Crippen LogP contribution in [0.5, 0.6) is 0 Å². The summed E-state index contributed by atoms with van der Waals surface area (Å²) in [6.45, 7) is 0. The third-order valence-corrected chi connectivity index (χ3v) is 2.16. The van der Waals surface area contributed by atoms with Gasteiger partial charge < -0.3 is 5.73 Å². The van der Waals surface area contributed by atoms with Gasteiger partial charge in [0, 0.05) is 12.6 Å². The average molecular weight is 194 g/mol. The van der Waals surface area contributed by atoms with E-state index < -0.39 is 6.04 Å². The highest BCUT2D eigenvalue weighted by Crippen LogP contribution is 2.17. The minimum atomic E-state index is -0.412. The number of anilines is 1. The van der Waals surface area contributed by atoms with Gasteiger partial charge in [0.15, 0.2) is 0 Å². The zero-order valence-electron chi connectivity index (χ0n) is 7.43. The van der Waals surface area contributed by atoms with Gasteiger partial charge in [-0.3, -0.25) is 19.6 Å². The fraction of sp³-hybridized carbons (Fsp3) is 0.375. The summed E-state index contributed by atoms with van der Waals surface area (Å²) in [5.41, 5.74) is 5.43. The number of nitrogens with one attached hydrogen (secondary N) is 1. The smallest absolute Gasteiger partial charge is 0.251 e. The Labute approximate surface area is 80.1 Å². The van der Waals surface area contributed by atoms with Crippen molar-refractivity contribution in [2.45, 2.75) is 18.9 Å². The standard InChI is InChI=1S/C8H10N4O2/c9-6-3-4-12(11-6)5-1-2-7(13)10-8(5)14/h3-5H,1-2H2,(H2,9,11)(H,10,13,14). The Kier molecular flexibility index (Phi) is 1.95. The maximum absolute atomic E-state index is 11.4. The van der Waals surface area contributed by atoms with Crippen molar-refractivity contribution in [2.24, 2.45) is 0 Å². The van der Waals surface area contributed by atoms with Gasteiger partial charge in [-0.15, -0.1) is 0 Å². The van der Waals surface area contributed by atoms with Crippen LogP contribution in [0.15, 0.2) is 12.3 Å². The summed E-state index contributed by atoms with van der Waals surface area (Å²) in [6.07, 6.45) is 2.46. The number of piperidine rings is 1. The number of hydrogen-bond donors (Lipinski definition) is 2. The van der Waals surface area contributed by atoms with E-state index in [-0.39, 0.29) is 11.8 Å². The normalized spacial score (nSPS) is 22.1. The molecular formula is C8H10N4O2. The topological polar surface area (TPSA) is 90.0 Å². The van der Waals surface area contributed by atoms with E-state index in [9.17, 15) is 9.59 Å². The Balaban J connectivity index is 2.19. The molecule has 1 saturated heterocycles. The van der Waals surface area contributed by atoms with Crippen LogP contribution < -0.4 is 11.1 Å². The minimum Gasteiger partial charge on any atom is -0.382 e. The molecule has 0 spiro atoms. The molecule has 6 heteroatoms. The molecule has 2 heterocycles. The van der Waals surface area contributed by atoms with Crippen LogP contribution in [-0.2, 0) is 9.59 Å². The van der Waals surface area contributed by atoms with Gasteiger partial charge in [0.2, 0.25) is 5.91 Å². The number of aromatic nitrogens is 2. The number of carbonyl (C=O) groups is 2. The number of nitrogens with zero attached hydrogens (tertiary/aromatic N) is 2. The maximum atomic E-state index is 11.4. The number of carbonyl (C=O) groups excluding carboxylic acids is 2. The van der Waals surface area contributed by atoms with E-state index in [2.05, 4.69) is 10.4 Å². The number of nitrogen functional groups attached to an aromatic ring is 1. The Bertz CT molecular complexity index is 384. The van der Waals surface area contributed by atoms with Gasteiger partial charge in [0.05, 0.1) is 0 Å². The number of hydrogen-bond acceptors (Lipinski definition) is 4. The fourth-order valence-corrected chi connectivity index (χ4v) is 1.46. The van der Waals surface area contributed by atoms with Crippen LogP contribution in [0.3, 0.4) is 0 Å².